The fourth-order valence-electron chi connectivity index (χ4n) is 1.34. The highest BCUT2D eigenvalue weighted by Gasteiger charge is 2.14. The second-order valence-corrected chi connectivity index (χ2v) is 3.81. The van der Waals surface area contributed by atoms with Crippen LogP contribution in [0.4, 0.5) is 4.39 Å². The standard InChI is InChI=1S/C11H13ClFN/c1-7(2)6-10(14)11-8(12)4-3-5-9(11)13/h3-5,10H,1,6,14H2,2H3/t10-/m0/s1. The maximum atomic E-state index is 13.4. The van der Waals surface area contributed by atoms with Crippen molar-refractivity contribution in [3.8, 4) is 0 Å². The van der Waals surface area contributed by atoms with Gasteiger partial charge in [0.1, 0.15) is 5.82 Å². The van der Waals surface area contributed by atoms with Gasteiger partial charge in [-0.05, 0) is 25.5 Å². The number of benzene rings is 1. The Bertz CT molecular complexity index is 329. The molecule has 0 saturated carbocycles. The van der Waals surface area contributed by atoms with Gasteiger partial charge in [0.05, 0.1) is 0 Å². The molecule has 3 heteroatoms. The van der Waals surface area contributed by atoms with Crippen LogP contribution in [0.1, 0.15) is 24.9 Å². The van der Waals surface area contributed by atoms with Crippen LogP contribution in [0.25, 0.3) is 0 Å². The maximum Gasteiger partial charge on any atom is 0.129 e. The van der Waals surface area contributed by atoms with E-state index in [2.05, 4.69) is 6.58 Å². The molecule has 76 valence electrons. The van der Waals surface area contributed by atoms with Crippen LogP contribution >= 0.6 is 11.6 Å². The van der Waals surface area contributed by atoms with E-state index in [1.165, 1.54) is 6.07 Å². The molecule has 0 aliphatic heterocycles. The SMILES string of the molecule is C=C(C)C[C@H](N)c1c(F)cccc1Cl. The molecule has 0 heterocycles. The molecule has 0 spiro atoms. The molecule has 0 saturated heterocycles. The number of rotatable bonds is 3. The number of hydrogen-bond acceptors (Lipinski definition) is 1. The van der Waals surface area contributed by atoms with Crippen LogP contribution < -0.4 is 5.73 Å². The second-order valence-electron chi connectivity index (χ2n) is 3.40. The molecule has 0 amide bonds. The van der Waals surface area contributed by atoms with Crippen molar-refractivity contribution in [1.82, 2.24) is 0 Å². The summed E-state index contributed by atoms with van der Waals surface area (Å²) in [6.45, 7) is 5.59. The van der Waals surface area contributed by atoms with Crippen LogP contribution in [0.2, 0.25) is 5.02 Å². The quantitative estimate of drug-likeness (QED) is 0.765. The van der Waals surface area contributed by atoms with E-state index in [1.807, 2.05) is 6.92 Å². The van der Waals surface area contributed by atoms with Gasteiger partial charge < -0.3 is 5.73 Å². The molecule has 1 atom stereocenters. The summed E-state index contributed by atoms with van der Waals surface area (Å²) in [5.74, 6) is -0.355. The molecule has 2 N–H and O–H groups in total. The van der Waals surface area contributed by atoms with Crippen molar-refractivity contribution >= 4 is 11.6 Å². The molecule has 1 aromatic rings. The molecule has 0 unspecified atom stereocenters. The van der Waals surface area contributed by atoms with E-state index < -0.39 is 6.04 Å². The van der Waals surface area contributed by atoms with E-state index in [4.69, 9.17) is 17.3 Å². The Morgan fingerprint density at radius 3 is 2.79 bits per heavy atom. The molecule has 0 radical (unpaired) electrons. The van der Waals surface area contributed by atoms with Crippen LogP contribution in [-0.4, -0.2) is 0 Å². The van der Waals surface area contributed by atoms with Gasteiger partial charge in [-0.25, -0.2) is 4.39 Å². The van der Waals surface area contributed by atoms with Crippen molar-refractivity contribution in [2.45, 2.75) is 19.4 Å². The van der Waals surface area contributed by atoms with Crippen LogP contribution in [0, 0.1) is 5.82 Å². The van der Waals surface area contributed by atoms with E-state index in [-0.39, 0.29) is 5.82 Å². The van der Waals surface area contributed by atoms with Gasteiger partial charge >= 0.3 is 0 Å². The predicted octanol–water partition coefficient (Wildman–Crippen LogP) is 3.45. The first-order valence-electron chi connectivity index (χ1n) is 4.36. The number of hydrogen-bond donors (Lipinski definition) is 1. The molecular formula is C11H13ClFN. The molecule has 1 nitrogen and oxygen atoms in total. The Morgan fingerprint density at radius 2 is 2.29 bits per heavy atom. The maximum absolute atomic E-state index is 13.4. The van der Waals surface area contributed by atoms with Crippen LogP contribution in [-0.2, 0) is 0 Å². The van der Waals surface area contributed by atoms with E-state index in [1.54, 1.807) is 12.1 Å². The fourth-order valence-corrected chi connectivity index (χ4v) is 1.65. The van der Waals surface area contributed by atoms with Crippen molar-refractivity contribution in [1.29, 1.82) is 0 Å². The van der Waals surface area contributed by atoms with Gasteiger partial charge in [0, 0.05) is 16.6 Å². The van der Waals surface area contributed by atoms with Crippen molar-refractivity contribution in [3.63, 3.8) is 0 Å². The van der Waals surface area contributed by atoms with Gasteiger partial charge in [-0.1, -0.05) is 23.2 Å². The molecular weight excluding hydrogens is 201 g/mol. The van der Waals surface area contributed by atoms with Crippen LogP contribution in [0.3, 0.4) is 0 Å². The average Bonchev–Trinajstić information content (AvgIpc) is 2.01. The second kappa shape index (κ2) is 4.58. The smallest absolute Gasteiger partial charge is 0.129 e. The van der Waals surface area contributed by atoms with Crippen molar-refractivity contribution in [3.05, 3.63) is 46.8 Å². The fraction of sp³-hybridized carbons (Fsp3) is 0.273. The molecule has 14 heavy (non-hydrogen) atoms. The Kier molecular flexibility index (Phi) is 3.67. The highest BCUT2D eigenvalue weighted by atomic mass is 35.5. The van der Waals surface area contributed by atoms with Crippen LogP contribution in [0.5, 0.6) is 0 Å². The third kappa shape index (κ3) is 2.56. The minimum atomic E-state index is -0.416. The Balaban J connectivity index is 2.99. The molecule has 1 rings (SSSR count). The first-order valence-corrected chi connectivity index (χ1v) is 4.74. The van der Waals surface area contributed by atoms with E-state index in [9.17, 15) is 4.39 Å². The largest absolute Gasteiger partial charge is 0.324 e. The lowest BCUT2D eigenvalue weighted by atomic mass is 10.0. The Morgan fingerprint density at radius 1 is 1.64 bits per heavy atom. The number of halogens is 2. The van der Waals surface area contributed by atoms with Gasteiger partial charge in [-0.2, -0.15) is 0 Å². The third-order valence-corrected chi connectivity index (χ3v) is 2.27. The highest BCUT2D eigenvalue weighted by Crippen LogP contribution is 2.27. The average molecular weight is 214 g/mol. The zero-order valence-corrected chi connectivity index (χ0v) is 8.81. The monoisotopic (exact) mass is 213 g/mol. The summed E-state index contributed by atoms with van der Waals surface area (Å²) in [5.41, 5.74) is 7.10. The minimum Gasteiger partial charge on any atom is -0.324 e. The van der Waals surface area contributed by atoms with Gasteiger partial charge in [-0.3, -0.25) is 0 Å². The Labute approximate surface area is 88.4 Å². The van der Waals surface area contributed by atoms with Crippen molar-refractivity contribution in [2.24, 2.45) is 5.73 Å². The van der Waals surface area contributed by atoms with Gasteiger partial charge in [0.25, 0.3) is 0 Å². The Hall–Kier alpha value is -0.860. The van der Waals surface area contributed by atoms with Gasteiger partial charge in [0.2, 0.25) is 0 Å². The minimum absolute atomic E-state index is 0.355. The lowest BCUT2D eigenvalue weighted by Crippen LogP contribution is -2.12. The molecule has 0 bridgehead atoms. The summed E-state index contributed by atoms with van der Waals surface area (Å²) in [7, 11) is 0. The zero-order valence-electron chi connectivity index (χ0n) is 8.06. The lowest BCUT2D eigenvalue weighted by molar-refractivity contribution is 0.580. The van der Waals surface area contributed by atoms with Crippen molar-refractivity contribution < 1.29 is 4.39 Å². The molecule has 1 aromatic carbocycles. The normalized spacial score (nSPS) is 12.6. The van der Waals surface area contributed by atoms with E-state index >= 15 is 0 Å². The highest BCUT2D eigenvalue weighted by molar-refractivity contribution is 6.31. The summed E-state index contributed by atoms with van der Waals surface area (Å²) in [6, 6.07) is 4.15. The number of nitrogens with two attached hydrogens (primary N) is 1. The summed E-state index contributed by atoms with van der Waals surface area (Å²) in [6.07, 6.45) is 0.542. The van der Waals surface area contributed by atoms with E-state index in [0.29, 0.717) is 17.0 Å². The van der Waals surface area contributed by atoms with Crippen LogP contribution in [0.15, 0.2) is 30.4 Å². The third-order valence-electron chi connectivity index (χ3n) is 1.94. The summed E-state index contributed by atoms with van der Waals surface area (Å²) < 4.78 is 13.4. The molecule has 0 fully saturated rings. The lowest BCUT2D eigenvalue weighted by Gasteiger charge is -2.14. The van der Waals surface area contributed by atoms with E-state index in [0.717, 1.165) is 5.57 Å². The molecule has 0 aliphatic carbocycles. The van der Waals surface area contributed by atoms with Gasteiger partial charge in [-0.15, -0.1) is 6.58 Å². The first-order chi connectivity index (χ1) is 6.52. The summed E-state index contributed by atoms with van der Waals surface area (Å²) >= 11 is 5.86. The van der Waals surface area contributed by atoms with Gasteiger partial charge in [0.15, 0.2) is 0 Å². The van der Waals surface area contributed by atoms with Crippen molar-refractivity contribution in [2.75, 3.05) is 0 Å². The first kappa shape index (κ1) is 11.2. The molecule has 0 aromatic heterocycles. The topological polar surface area (TPSA) is 26.0 Å². The zero-order chi connectivity index (χ0) is 10.7. The summed E-state index contributed by atoms with van der Waals surface area (Å²) in [5, 5.41) is 0.374. The predicted molar refractivity (Wildman–Crippen MR) is 57.8 cm³/mol. The molecule has 0 aliphatic rings. The summed E-state index contributed by atoms with van der Waals surface area (Å²) in [4.78, 5) is 0.